The van der Waals surface area contributed by atoms with Crippen LogP contribution in [0.1, 0.15) is 24.6 Å². The first kappa shape index (κ1) is 16.3. The van der Waals surface area contributed by atoms with Crippen molar-refractivity contribution >= 4 is 11.6 Å². The largest absolute Gasteiger partial charge is 0.342 e. The molecule has 23 heavy (non-hydrogen) atoms. The van der Waals surface area contributed by atoms with Crippen LogP contribution in [0, 0.1) is 5.82 Å². The van der Waals surface area contributed by atoms with Crippen molar-refractivity contribution in [1.29, 1.82) is 0 Å². The van der Waals surface area contributed by atoms with Crippen molar-refractivity contribution in [3.63, 3.8) is 0 Å². The van der Waals surface area contributed by atoms with Gasteiger partial charge in [-0.25, -0.2) is 19.7 Å². The van der Waals surface area contributed by atoms with Gasteiger partial charge in [0, 0.05) is 12.8 Å². The highest BCUT2D eigenvalue weighted by molar-refractivity contribution is 5.99. The zero-order valence-electron chi connectivity index (χ0n) is 12.2. The molecule has 8 nitrogen and oxygen atoms in total. The topological polar surface area (TPSA) is 120 Å². The van der Waals surface area contributed by atoms with Crippen molar-refractivity contribution in [2.75, 3.05) is 0 Å². The summed E-state index contributed by atoms with van der Waals surface area (Å²) in [6.07, 6.45) is 0.0331. The van der Waals surface area contributed by atoms with Gasteiger partial charge in [0.15, 0.2) is 0 Å². The van der Waals surface area contributed by atoms with Crippen LogP contribution in [0.2, 0.25) is 0 Å². The smallest absolute Gasteiger partial charge is 0.273 e. The van der Waals surface area contributed by atoms with E-state index in [4.69, 9.17) is 0 Å². The van der Waals surface area contributed by atoms with Crippen molar-refractivity contribution in [3.8, 4) is 0 Å². The number of carbonyl (C=O) groups is 1. The number of amides is 1. The molecule has 0 aliphatic rings. The Morgan fingerprint density at radius 3 is 2.65 bits per heavy atom. The lowest BCUT2D eigenvalue weighted by molar-refractivity contribution is -0.121. The number of H-pyrrole nitrogens is 2. The van der Waals surface area contributed by atoms with Gasteiger partial charge in [-0.2, -0.15) is 10.2 Å². The third-order valence-corrected chi connectivity index (χ3v) is 2.98. The minimum absolute atomic E-state index is 0.0255. The number of benzene rings is 1. The summed E-state index contributed by atoms with van der Waals surface area (Å²) >= 11 is 0. The van der Waals surface area contributed by atoms with Crippen LogP contribution >= 0.6 is 0 Å². The maximum Gasteiger partial charge on any atom is 0.342 e. The molecule has 120 valence electrons. The van der Waals surface area contributed by atoms with Gasteiger partial charge in [-0.05, 0) is 24.6 Å². The molecule has 1 heterocycles. The first-order valence-electron chi connectivity index (χ1n) is 6.72. The summed E-state index contributed by atoms with van der Waals surface area (Å²) in [7, 11) is 0. The fraction of sp³-hybridized carbons (Fsp3) is 0.214. The highest BCUT2D eigenvalue weighted by Gasteiger charge is 2.07. The standard InChI is InChI=1S/C14H14FN5O3/c1-8(9-2-4-10(15)5-3-9)17-19-12(21)7-6-11-13(22)16-14(23)20-18-11/h2-5H,6-7H2,1H3,(H,19,21)(H2,16,20,22,23)/b17-8+. The van der Waals surface area contributed by atoms with Crippen molar-refractivity contribution in [3.05, 3.63) is 62.2 Å². The Morgan fingerprint density at radius 1 is 1.30 bits per heavy atom. The Bertz CT molecular complexity index is 838. The number of aromatic amines is 2. The maximum absolute atomic E-state index is 12.8. The minimum atomic E-state index is -0.706. The maximum atomic E-state index is 12.8. The van der Waals surface area contributed by atoms with Gasteiger partial charge in [0.1, 0.15) is 11.5 Å². The number of aryl methyl sites for hydroxylation is 1. The van der Waals surface area contributed by atoms with Crippen molar-refractivity contribution in [1.82, 2.24) is 20.6 Å². The molecule has 1 amide bonds. The summed E-state index contributed by atoms with van der Waals surface area (Å²) in [5.41, 5.74) is 2.24. The highest BCUT2D eigenvalue weighted by Crippen LogP contribution is 2.03. The van der Waals surface area contributed by atoms with Crippen LogP contribution < -0.4 is 16.7 Å². The van der Waals surface area contributed by atoms with Crippen LogP contribution in [0.4, 0.5) is 4.39 Å². The van der Waals surface area contributed by atoms with E-state index in [1.54, 1.807) is 19.1 Å². The average Bonchev–Trinajstić information content (AvgIpc) is 2.52. The molecule has 0 spiro atoms. The SMILES string of the molecule is C/C(=N\NC(=O)CCc1n[nH]c(=O)[nH]c1=O)c1ccc(F)cc1. The molecule has 0 aliphatic carbocycles. The fourth-order valence-corrected chi connectivity index (χ4v) is 1.73. The van der Waals surface area contributed by atoms with Gasteiger partial charge < -0.3 is 0 Å². The normalized spacial score (nSPS) is 11.3. The van der Waals surface area contributed by atoms with Crippen LogP contribution in [0.15, 0.2) is 39.0 Å². The third kappa shape index (κ3) is 4.70. The first-order chi connectivity index (χ1) is 11.0. The fourth-order valence-electron chi connectivity index (χ4n) is 1.73. The molecule has 1 aromatic heterocycles. The molecule has 0 radical (unpaired) electrons. The van der Waals surface area contributed by atoms with Crippen LogP contribution in [0.25, 0.3) is 0 Å². The number of halogens is 1. The Hall–Kier alpha value is -3.10. The molecule has 0 saturated carbocycles. The van der Waals surface area contributed by atoms with Crippen LogP contribution in [-0.2, 0) is 11.2 Å². The number of nitrogens with one attached hydrogen (secondary N) is 3. The van der Waals surface area contributed by atoms with Gasteiger partial charge in [-0.15, -0.1) is 0 Å². The van der Waals surface area contributed by atoms with Gasteiger partial charge in [0.2, 0.25) is 5.91 Å². The lowest BCUT2D eigenvalue weighted by atomic mass is 10.1. The van der Waals surface area contributed by atoms with Crippen molar-refractivity contribution in [2.24, 2.45) is 5.10 Å². The second kappa shape index (κ2) is 7.25. The average molecular weight is 319 g/mol. The number of rotatable bonds is 5. The first-order valence-corrected chi connectivity index (χ1v) is 6.72. The number of hydrazone groups is 1. The molecule has 2 rings (SSSR count). The number of aromatic nitrogens is 3. The van der Waals surface area contributed by atoms with E-state index in [-0.39, 0.29) is 24.4 Å². The predicted molar refractivity (Wildman–Crippen MR) is 80.6 cm³/mol. The van der Waals surface area contributed by atoms with E-state index in [1.165, 1.54) is 12.1 Å². The van der Waals surface area contributed by atoms with E-state index < -0.39 is 17.2 Å². The zero-order chi connectivity index (χ0) is 16.8. The van der Waals surface area contributed by atoms with Gasteiger partial charge >= 0.3 is 5.69 Å². The summed E-state index contributed by atoms with van der Waals surface area (Å²) in [5, 5.41) is 9.56. The van der Waals surface area contributed by atoms with Gasteiger partial charge in [-0.3, -0.25) is 14.6 Å². The minimum Gasteiger partial charge on any atom is -0.273 e. The highest BCUT2D eigenvalue weighted by atomic mass is 19.1. The molecule has 0 atom stereocenters. The Morgan fingerprint density at radius 2 is 2.00 bits per heavy atom. The molecule has 1 aromatic carbocycles. The molecule has 0 saturated heterocycles. The Kier molecular flexibility index (Phi) is 5.13. The molecule has 0 fully saturated rings. The van der Waals surface area contributed by atoms with Crippen molar-refractivity contribution < 1.29 is 9.18 Å². The zero-order valence-corrected chi connectivity index (χ0v) is 12.2. The van der Waals surface area contributed by atoms with E-state index in [2.05, 4.69) is 20.7 Å². The lowest BCUT2D eigenvalue weighted by Crippen LogP contribution is -2.28. The number of carbonyl (C=O) groups excluding carboxylic acids is 1. The molecule has 2 aromatic rings. The molecule has 9 heteroatoms. The second-order valence-electron chi connectivity index (χ2n) is 4.69. The summed E-state index contributed by atoms with van der Waals surface area (Å²) in [6.45, 7) is 1.67. The summed E-state index contributed by atoms with van der Waals surface area (Å²) < 4.78 is 12.8. The third-order valence-electron chi connectivity index (χ3n) is 2.98. The summed E-state index contributed by atoms with van der Waals surface area (Å²) in [6, 6.07) is 5.68. The number of nitrogens with zero attached hydrogens (tertiary/aromatic N) is 2. The Labute approximate surface area is 129 Å². The molecular weight excluding hydrogens is 305 g/mol. The van der Waals surface area contributed by atoms with Crippen LogP contribution in [-0.4, -0.2) is 26.8 Å². The predicted octanol–water partition coefficient (Wildman–Crippen LogP) is 0.0703. The van der Waals surface area contributed by atoms with Gasteiger partial charge in [0.05, 0.1) is 5.71 Å². The quantitative estimate of drug-likeness (QED) is 0.533. The van der Waals surface area contributed by atoms with Crippen molar-refractivity contribution in [2.45, 2.75) is 19.8 Å². The van der Waals surface area contributed by atoms with Crippen LogP contribution in [0.3, 0.4) is 0 Å². The number of hydrogen-bond acceptors (Lipinski definition) is 5. The molecular formula is C14H14FN5O3. The molecule has 0 unspecified atom stereocenters. The van der Waals surface area contributed by atoms with E-state index in [9.17, 15) is 18.8 Å². The number of hydrogen-bond donors (Lipinski definition) is 3. The Balaban J connectivity index is 1.91. The van der Waals surface area contributed by atoms with E-state index >= 15 is 0 Å². The molecule has 3 N–H and O–H groups in total. The second-order valence-corrected chi connectivity index (χ2v) is 4.69. The summed E-state index contributed by atoms with van der Waals surface area (Å²) in [4.78, 5) is 35.9. The van der Waals surface area contributed by atoms with E-state index in [0.717, 1.165) is 0 Å². The molecule has 0 bridgehead atoms. The molecule has 0 aliphatic heterocycles. The van der Waals surface area contributed by atoms with Gasteiger partial charge in [-0.1, -0.05) is 12.1 Å². The monoisotopic (exact) mass is 319 g/mol. The summed E-state index contributed by atoms with van der Waals surface area (Å²) in [5.74, 6) is -0.775. The van der Waals surface area contributed by atoms with Crippen LogP contribution in [0.5, 0.6) is 0 Å². The lowest BCUT2D eigenvalue weighted by Gasteiger charge is -2.03. The van der Waals surface area contributed by atoms with E-state index in [0.29, 0.717) is 11.3 Å². The van der Waals surface area contributed by atoms with E-state index in [1.807, 2.05) is 4.98 Å². The van der Waals surface area contributed by atoms with Gasteiger partial charge in [0.25, 0.3) is 5.56 Å².